The van der Waals surface area contributed by atoms with E-state index < -0.39 is 10.1 Å². The van der Waals surface area contributed by atoms with Gasteiger partial charge in [0.25, 0.3) is 5.56 Å². The highest BCUT2D eigenvalue weighted by Gasteiger charge is 2.22. The van der Waals surface area contributed by atoms with Gasteiger partial charge >= 0.3 is 0 Å². The minimum Gasteiger partial charge on any atom is -0.377 e. The van der Waals surface area contributed by atoms with Crippen LogP contribution >= 0.6 is 0 Å². The molecule has 2 aliphatic rings. The van der Waals surface area contributed by atoms with Gasteiger partial charge in [0.05, 0.1) is 19.8 Å². The maximum Gasteiger partial charge on any atom is 0.278 e. The molecule has 1 aromatic carbocycles. The van der Waals surface area contributed by atoms with Gasteiger partial charge in [0.1, 0.15) is 11.2 Å². The van der Waals surface area contributed by atoms with Crippen LogP contribution < -0.4 is 15.6 Å². The molecule has 0 fully saturated rings. The van der Waals surface area contributed by atoms with E-state index >= 15 is 0 Å². The summed E-state index contributed by atoms with van der Waals surface area (Å²) in [5, 5.41) is 3.77. The molecule has 0 radical (unpaired) electrons. The smallest absolute Gasteiger partial charge is 0.278 e. The van der Waals surface area contributed by atoms with Gasteiger partial charge in [-0.1, -0.05) is 18.2 Å². The highest BCUT2D eigenvalue weighted by atomic mass is 32.3. The molecule has 5 heterocycles. The molecule has 12 heteroatoms. The molecule has 0 unspecified atom stereocenters. The second-order valence-electron chi connectivity index (χ2n) is 11.1. The zero-order valence-electron chi connectivity index (χ0n) is 24.1. The zero-order chi connectivity index (χ0) is 29.4. The normalized spacial score (nSPS) is 16.1. The molecule has 4 aromatic rings. The average Bonchev–Trinajstić information content (AvgIpc) is 3.22. The summed E-state index contributed by atoms with van der Waals surface area (Å²) >= 11 is 0. The Bertz CT molecular complexity index is 1820. The number of benzene rings is 1. The van der Waals surface area contributed by atoms with Gasteiger partial charge in [-0.2, -0.15) is 4.98 Å². The number of ether oxygens (including phenoxy) is 1. The van der Waals surface area contributed by atoms with Crippen LogP contribution in [0.3, 0.4) is 0 Å². The summed E-state index contributed by atoms with van der Waals surface area (Å²) in [5.41, 5.74) is 6.27. The molecule has 2 N–H and O–H groups in total. The van der Waals surface area contributed by atoms with Crippen LogP contribution in [0.25, 0.3) is 22.4 Å². The highest BCUT2D eigenvalue weighted by molar-refractivity contribution is 8.02. The van der Waals surface area contributed by atoms with Gasteiger partial charge in [0.15, 0.2) is 11.5 Å². The second-order valence-corrected chi connectivity index (χ2v) is 14.0. The van der Waals surface area contributed by atoms with Crippen molar-refractivity contribution in [1.82, 2.24) is 29.2 Å². The van der Waals surface area contributed by atoms with E-state index in [9.17, 15) is 9.00 Å². The van der Waals surface area contributed by atoms with Gasteiger partial charge in [-0.3, -0.25) is 9.00 Å². The number of pyridine rings is 1. The van der Waals surface area contributed by atoms with Crippen molar-refractivity contribution in [3.8, 4) is 5.82 Å². The number of nitrogens with one attached hydrogen (secondary N) is 2. The first-order valence-corrected chi connectivity index (χ1v) is 16.6. The van der Waals surface area contributed by atoms with E-state index in [2.05, 4.69) is 56.7 Å². The van der Waals surface area contributed by atoms with Gasteiger partial charge in [-0.25, -0.2) is 19.3 Å². The summed E-state index contributed by atoms with van der Waals surface area (Å²) in [4.78, 5) is 29.7. The summed E-state index contributed by atoms with van der Waals surface area (Å²) in [6.45, 7) is 7.30. The van der Waals surface area contributed by atoms with Crippen LogP contribution in [0.5, 0.6) is 0 Å². The molecule has 0 bridgehead atoms. The fourth-order valence-electron chi connectivity index (χ4n) is 5.59. The Labute approximate surface area is 245 Å². The van der Waals surface area contributed by atoms with Crippen molar-refractivity contribution in [3.05, 3.63) is 82.3 Å². The van der Waals surface area contributed by atoms with Gasteiger partial charge in [-0.05, 0) is 76.5 Å². The van der Waals surface area contributed by atoms with Gasteiger partial charge < -0.3 is 19.7 Å². The minimum absolute atomic E-state index is 0.248. The Hall–Kier alpha value is -4.13. The monoisotopic (exact) mass is 588 g/mol. The summed E-state index contributed by atoms with van der Waals surface area (Å²) in [6, 6.07) is 9.66. The predicted octanol–water partition coefficient (Wildman–Crippen LogP) is 3.30. The van der Waals surface area contributed by atoms with Crippen LogP contribution in [-0.2, 0) is 34.4 Å². The van der Waals surface area contributed by atoms with Crippen molar-refractivity contribution in [2.45, 2.75) is 25.9 Å². The van der Waals surface area contributed by atoms with Crippen molar-refractivity contribution >= 4 is 44.2 Å². The van der Waals surface area contributed by atoms with E-state index in [4.69, 9.17) is 9.72 Å². The van der Waals surface area contributed by atoms with Crippen LogP contribution in [0.2, 0.25) is 0 Å². The molecular weight excluding hydrogens is 552 g/mol. The Balaban J connectivity index is 1.44. The van der Waals surface area contributed by atoms with E-state index in [1.807, 2.05) is 0 Å². The Morgan fingerprint density at radius 1 is 1.19 bits per heavy atom. The number of rotatable bonds is 8. The van der Waals surface area contributed by atoms with E-state index in [0.717, 1.165) is 38.2 Å². The fourth-order valence-corrected chi connectivity index (χ4v) is 6.26. The minimum atomic E-state index is -2.60. The predicted molar refractivity (Wildman–Crippen MR) is 169 cm³/mol. The number of likely N-dealkylation sites (N-methyl/N-ethyl adjacent to an activating group) is 1. The number of allylic oxidation sites excluding steroid dienone is 1. The first-order valence-electron chi connectivity index (χ1n) is 14.0. The molecule has 0 spiro atoms. The maximum absolute atomic E-state index is 13.4. The van der Waals surface area contributed by atoms with Gasteiger partial charge in [0, 0.05) is 37.5 Å². The Morgan fingerprint density at radius 2 is 2.05 bits per heavy atom. The molecular formula is C30H36N8O3S. The van der Waals surface area contributed by atoms with Gasteiger partial charge in [-0.15, -0.1) is 6.58 Å². The summed E-state index contributed by atoms with van der Waals surface area (Å²) in [6.07, 6.45) is 10.5. The number of hydrogen-bond donors (Lipinski definition) is 3. The third kappa shape index (κ3) is 5.65. The van der Waals surface area contributed by atoms with Crippen molar-refractivity contribution < 1.29 is 8.95 Å². The molecule has 0 atom stereocenters. The van der Waals surface area contributed by atoms with E-state index in [1.165, 1.54) is 26.9 Å². The third-order valence-electron chi connectivity index (χ3n) is 7.40. The van der Waals surface area contributed by atoms with Crippen LogP contribution in [0.1, 0.15) is 23.1 Å². The molecule has 2 aliphatic heterocycles. The molecule has 42 heavy (non-hydrogen) atoms. The van der Waals surface area contributed by atoms with Gasteiger partial charge in [0.2, 0.25) is 5.95 Å². The number of nitrogens with zero attached hydrogens (tertiary/aromatic N) is 6. The SMILES string of the molecule is C=CCn1c(=O)c2cnc(Nc3cc4c(c(C5=CCOCC5)c3)CCN(C)C4)nc2n1-c1cccc(N[SH](C)(C)=O)n1. The van der Waals surface area contributed by atoms with Crippen LogP contribution in [-0.4, -0.2) is 72.7 Å². The lowest BCUT2D eigenvalue weighted by Crippen LogP contribution is -2.27. The van der Waals surface area contributed by atoms with E-state index in [0.29, 0.717) is 35.2 Å². The summed E-state index contributed by atoms with van der Waals surface area (Å²) in [7, 11) is -0.459. The quantitative estimate of drug-likeness (QED) is 0.212. The lowest BCUT2D eigenvalue weighted by atomic mass is 9.88. The number of fused-ring (bicyclic) bond motifs is 2. The Morgan fingerprint density at radius 3 is 2.81 bits per heavy atom. The third-order valence-corrected chi connectivity index (χ3v) is 8.17. The molecule has 0 saturated heterocycles. The number of hydrogen-bond acceptors (Lipinski definition) is 8. The van der Waals surface area contributed by atoms with Crippen LogP contribution in [0.15, 0.2) is 60.1 Å². The maximum atomic E-state index is 13.4. The van der Waals surface area contributed by atoms with Crippen molar-refractivity contribution in [2.24, 2.45) is 0 Å². The lowest BCUT2D eigenvalue weighted by Gasteiger charge is -2.29. The topological polar surface area (TPSA) is 119 Å². The molecule has 0 aliphatic carbocycles. The lowest BCUT2D eigenvalue weighted by molar-refractivity contribution is 0.161. The molecule has 0 saturated carbocycles. The van der Waals surface area contributed by atoms with E-state index in [-0.39, 0.29) is 12.1 Å². The van der Waals surface area contributed by atoms with E-state index in [1.54, 1.807) is 47.7 Å². The largest absolute Gasteiger partial charge is 0.377 e. The van der Waals surface area contributed by atoms with Crippen LogP contribution in [0.4, 0.5) is 17.5 Å². The molecule has 0 amide bonds. The Kier molecular flexibility index (Phi) is 7.52. The van der Waals surface area contributed by atoms with Crippen molar-refractivity contribution in [2.75, 3.05) is 49.4 Å². The number of thiol groups is 1. The molecule has 220 valence electrons. The number of anilines is 3. The van der Waals surface area contributed by atoms with Crippen molar-refractivity contribution in [1.29, 1.82) is 0 Å². The fraction of sp³-hybridized carbons (Fsp3) is 0.333. The number of aromatic nitrogens is 5. The highest BCUT2D eigenvalue weighted by Crippen LogP contribution is 2.34. The standard InChI is InChI=1S/C30H36N8O3S/c1-5-12-37-29(39)25-18-31-30(34-28(25)38(37)27-8-6-7-26(33-27)35-42(3,4)40)32-22-16-21-19-36(2)13-9-23(21)24(17-22)20-10-14-41-15-11-20/h5-8,10,16-18,42H,1,9,11-15,19H2,2-4H3,(H,31,32,34)(H,33,35,40). The first-order chi connectivity index (χ1) is 20.2. The first kappa shape index (κ1) is 28.0. The zero-order valence-corrected chi connectivity index (χ0v) is 25.0. The summed E-state index contributed by atoms with van der Waals surface area (Å²) in [5.74, 6) is 1.27. The molecule has 11 nitrogen and oxygen atoms in total. The average molecular weight is 589 g/mol. The van der Waals surface area contributed by atoms with Crippen LogP contribution in [0, 0.1) is 0 Å². The summed E-state index contributed by atoms with van der Waals surface area (Å²) < 4.78 is 24.1. The molecule has 6 rings (SSSR count). The van der Waals surface area contributed by atoms with Crippen molar-refractivity contribution in [3.63, 3.8) is 0 Å². The second kappa shape index (κ2) is 11.3. The molecule has 3 aromatic heterocycles.